The summed E-state index contributed by atoms with van der Waals surface area (Å²) in [5.41, 5.74) is 1.39. The van der Waals surface area contributed by atoms with E-state index in [9.17, 15) is 13.2 Å². The molecule has 2 aromatic rings. The first-order valence-corrected chi connectivity index (χ1v) is 7.15. The van der Waals surface area contributed by atoms with E-state index in [4.69, 9.17) is 11.6 Å². The van der Waals surface area contributed by atoms with E-state index >= 15 is 0 Å². The molecule has 0 spiro atoms. The Balaban J connectivity index is 1.86. The molecule has 1 aliphatic carbocycles. The molecular formula is C15H14ClF3N2. The molecule has 3 rings (SSSR count). The summed E-state index contributed by atoms with van der Waals surface area (Å²) >= 11 is 6.12. The SMILES string of the molecule is FC(F)(F)CN(Cc1cc2ccccc2nc1Cl)C1CC1. The minimum Gasteiger partial charge on any atom is -0.288 e. The van der Waals surface area contributed by atoms with Crippen molar-refractivity contribution in [1.29, 1.82) is 0 Å². The molecule has 0 radical (unpaired) electrons. The molecule has 0 amide bonds. The molecule has 1 aromatic heterocycles. The van der Waals surface area contributed by atoms with Crippen molar-refractivity contribution in [2.24, 2.45) is 0 Å². The van der Waals surface area contributed by atoms with Crippen LogP contribution in [0.1, 0.15) is 18.4 Å². The number of aromatic nitrogens is 1. The summed E-state index contributed by atoms with van der Waals surface area (Å²) in [4.78, 5) is 5.70. The highest BCUT2D eigenvalue weighted by Crippen LogP contribution is 2.32. The van der Waals surface area contributed by atoms with Crippen molar-refractivity contribution in [3.05, 3.63) is 41.0 Å². The lowest BCUT2D eigenvalue weighted by molar-refractivity contribution is -0.148. The monoisotopic (exact) mass is 314 g/mol. The maximum absolute atomic E-state index is 12.7. The standard InChI is InChI=1S/C15H14ClF3N2/c16-14-11(7-10-3-1-2-4-13(10)20-14)8-21(12-5-6-12)9-15(17,18)19/h1-4,7,12H,5-6,8-9H2. The summed E-state index contributed by atoms with van der Waals surface area (Å²) in [5, 5.41) is 1.17. The van der Waals surface area contributed by atoms with Gasteiger partial charge in [0.25, 0.3) is 0 Å². The molecule has 21 heavy (non-hydrogen) atoms. The van der Waals surface area contributed by atoms with Gasteiger partial charge in [-0.25, -0.2) is 4.98 Å². The second-order valence-corrected chi connectivity index (χ2v) is 5.74. The van der Waals surface area contributed by atoms with E-state index in [-0.39, 0.29) is 17.7 Å². The van der Waals surface area contributed by atoms with Gasteiger partial charge in [0.15, 0.2) is 0 Å². The van der Waals surface area contributed by atoms with Gasteiger partial charge in [-0.05, 0) is 25.0 Å². The maximum Gasteiger partial charge on any atom is 0.401 e. The van der Waals surface area contributed by atoms with Crippen molar-refractivity contribution in [3.8, 4) is 0 Å². The van der Waals surface area contributed by atoms with E-state index in [0.717, 1.165) is 23.7 Å². The Hall–Kier alpha value is -1.33. The highest BCUT2D eigenvalue weighted by molar-refractivity contribution is 6.30. The van der Waals surface area contributed by atoms with Crippen molar-refractivity contribution in [2.45, 2.75) is 31.6 Å². The molecule has 0 bridgehead atoms. The zero-order chi connectivity index (χ0) is 15.0. The summed E-state index contributed by atoms with van der Waals surface area (Å²) in [7, 11) is 0. The van der Waals surface area contributed by atoms with Crippen molar-refractivity contribution < 1.29 is 13.2 Å². The second kappa shape index (κ2) is 5.46. The van der Waals surface area contributed by atoms with Crippen LogP contribution in [0.25, 0.3) is 10.9 Å². The Labute approximate surface area is 125 Å². The summed E-state index contributed by atoms with van der Waals surface area (Å²) in [6.07, 6.45) is -2.57. The third-order valence-electron chi connectivity index (χ3n) is 3.57. The number of alkyl halides is 3. The lowest BCUT2D eigenvalue weighted by atomic mass is 10.1. The molecule has 1 aromatic carbocycles. The van der Waals surface area contributed by atoms with E-state index in [1.54, 1.807) is 0 Å². The quantitative estimate of drug-likeness (QED) is 0.777. The number of pyridine rings is 1. The molecule has 1 fully saturated rings. The number of nitrogens with zero attached hydrogens (tertiary/aromatic N) is 2. The van der Waals surface area contributed by atoms with Gasteiger partial charge < -0.3 is 0 Å². The van der Waals surface area contributed by atoms with E-state index in [1.807, 2.05) is 30.3 Å². The molecule has 0 unspecified atom stereocenters. The first-order valence-electron chi connectivity index (χ1n) is 6.77. The fraction of sp³-hybridized carbons (Fsp3) is 0.400. The minimum absolute atomic E-state index is 0.00848. The molecule has 1 saturated carbocycles. The Morgan fingerprint density at radius 2 is 1.95 bits per heavy atom. The van der Waals surface area contributed by atoms with Crippen LogP contribution in [-0.4, -0.2) is 28.6 Å². The first kappa shape index (κ1) is 14.6. The predicted octanol–water partition coefficient (Wildman–Crippen LogP) is 4.41. The molecule has 112 valence electrons. The van der Waals surface area contributed by atoms with Gasteiger partial charge in [-0.1, -0.05) is 29.8 Å². The largest absolute Gasteiger partial charge is 0.401 e. The van der Waals surface area contributed by atoms with E-state index in [1.165, 1.54) is 4.90 Å². The van der Waals surface area contributed by atoms with Gasteiger partial charge >= 0.3 is 6.18 Å². The van der Waals surface area contributed by atoms with Gasteiger partial charge in [0.05, 0.1) is 12.1 Å². The summed E-state index contributed by atoms with van der Waals surface area (Å²) in [5.74, 6) is 0. The van der Waals surface area contributed by atoms with Crippen molar-refractivity contribution in [1.82, 2.24) is 9.88 Å². The average molecular weight is 315 g/mol. The highest BCUT2D eigenvalue weighted by atomic mass is 35.5. The third-order valence-corrected chi connectivity index (χ3v) is 3.90. The summed E-state index contributed by atoms with van der Waals surface area (Å²) in [6.45, 7) is -0.721. The average Bonchev–Trinajstić information content (AvgIpc) is 3.21. The summed E-state index contributed by atoms with van der Waals surface area (Å²) in [6, 6.07) is 9.28. The van der Waals surface area contributed by atoms with Gasteiger partial charge in [-0.3, -0.25) is 4.90 Å². The van der Waals surface area contributed by atoms with Crippen LogP contribution in [-0.2, 0) is 6.54 Å². The number of halogens is 4. The molecule has 0 saturated heterocycles. The van der Waals surface area contributed by atoms with Gasteiger partial charge in [-0.15, -0.1) is 0 Å². The number of rotatable bonds is 4. The molecule has 2 nitrogen and oxygen atoms in total. The Morgan fingerprint density at radius 1 is 1.24 bits per heavy atom. The molecular weight excluding hydrogens is 301 g/mol. The zero-order valence-electron chi connectivity index (χ0n) is 11.2. The fourth-order valence-corrected chi connectivity index (χ4v) is 2.66. The molecule has 0 aliphatic heterocycles. The first-order chi connectivity index (χ1) is 9.92. The van der Waals surface area contributed by atoms with Crippen LogP contribution >= 0.6 is 11.6 Å². The number of hydrogen-bond donors (Lipinski definition) is 0. The topological polar surface area (TPSA) is 16.1 Å². The molecule has 1 aliphatic rings. The van der Waals surface area contributed by atoms with Crippen molar-refractivity contribution in [2.75, 3.05) is 6.54 Å². The molecule has 0 atom stereocenters. The highest BCUT2D eigenvalue weighted by Gasteiger charge is 2.38. The van der Waals surface area contributed by atoms with Crippen LogP contribution in [0.5, 0.6) is 0 Å². The predicted molar refractivity (Wildman–Crippen MR) is 76.2 cm³/mol. The number of fused-ring (bicyclic) bond motifs is 1. The van der Waals surface area contributed by atoms with Crippen LogP contribution < -0.4 is 0 Å². The number of para-hydroxylation sites is 1. The van der Waals surface area contributed by atoms with Crippen LogP contribution in [0.3, 0.4) is 0 Å². The molecule has 6 heteroatoms. The lowest BCUT2D eigenvalue weighted by Gasteiger charge is -2.23. The fourth-order valence-electron chi connectivity index (χ4n) is 2.45. The van der Waals surface area contributed by atoms with Crippen LogP contribution in [0.2, 0.25) is 5.15 Å². The van der Waals surface area contributed by atoms with Crippen LogP contribution in [0.15, 0.2) is 30.3 Å². The van der Waals surface area contributed by atoms with Gasteiger partial charge in [0.1, 0.15) is 5.15 Å². The minimum atomic E-state index is -4.20. The number of benzene rings is 1. The third kappa shape index (κ3) is 3.66. The van der Waals surface area contributed by atoms with Crippen molar-refractivity contribution in [3.63, 3.8) is 0 Å². The Kier molecular flexibility index (Phi) is 3.80. The van der Waals surface area contributed by atoms with E-state index < -0.39 is 12.7 Å². The van der Waals surface area contributed by atoms with E-state index in [0.29, 0.717) is 5.56 Å². The zero-order valence-corrected chi connectivity index (χ0v) is 12.0. The van der Waals surface area contributed by atoms with Crippen LogP contribution in [0.4, 0.5) is 13.2 Å². The smallest absolute Gasteiger partial charge is 0.288 e. The normalized spacial score (nSPS) is 15.9. The van der Waals surface area contributed by atoms with Gasteiger partial charge in [-0.2, -0.15) is 13.2 Å². The number of hydrogen-bond acceptors (Lipinski definition) is 2. The lowest BCUT2D eigenvalue weighted by Crippen LogP contribution is -2.35. The van der Waals surface area contributed by atoms with Gasteiger partial charge in [0.2, 0.25) is 0 Å². The van der Waals surface area contributed by atoms with E-state index in [2.05, 4.69) is 4.98 Å². The molecule has 0 N–H and O–H groups in total. The maximum atomic E-state index is 12.7. The van der Waals surface area contributed by atoms with Crippen LogP contribution in [0, 0.1) is 0 Å². The molecule has 1 heterocycles. The van der Waals surface area contributed by atoms with Gasteiger partial charge in [0, 0.05) is 23.5 Å². The Morgan fingerprint density at radius 3 is 2.62 bits per heavy atom. The summed E-state index contributed by atoms with van der Waals surface area (Å²) < 4.78 is 38.0. The Bertz CT molecular complexity index is 653. The second-order valence-electron chi connectivity index (χ2n) is 5.38. The van der Waals surface area contributed by atoms with Crippen molar-refractivity contribution >= 4 is 22.5 Å².